The molecule has 0 aromatic rings. The lowest BCUT2D eigenvalue weighted by Crippen LogP contribution is -2.46. The van der Waals surface area contributed by atoms with E-state index in [0.29, 0.717) is 0 Å². The number of methoxy groups -OCH3 is 1. The van der Waals surface area contributed by atoms with Crippen molar-refractivity contribution in [3.8, 4) is 0 Å². The summed E-state index contributed by atoms with van der Waals surface area (Å²) in [6.45, 7) is 4.59. The molecule has 0 heterocycles. The van der Waals surface area contributed by atoms with Crippen molar-refractivity contribution in [1.82, 2.24) is 0 Å². The summed E-state index contributed by atoms with van der Waals surface area (Å²) >= 11 is 0. The minimum atomic E-state index is -1.68. The van der Waals surface area contributed by atoms with Gasteiger partial charge in [0.2, 0.25) is 6.10 Å². The first-order chi connectivity index (χ1) is 10.6. The van der Waals surface area contributed by atoms with Gasteiger partial charge in [-0.1, -0.05) is 6.92 Å². The molecule has 0 fully saturated rings. The van der Waals surface area contributed by atoms with E-state index in [0.717, 1.165) is 20.8 Å². The number of hydrogen-bond donors (Lipinski definition) is 0. The zero-order chi connectivity index (χ0) is 18.2. The van der Waals surface area contributed by atoms with Crippen LogP contribution in [0.25, 0.3) is 0 Å². The second-order valence-corrected chi connectivity index (χ2v) is 4.77. The van der Waals surface area contributed by atoms with Crippen molar-refractivity contribution in [2.24, 2.45) is 5.92 Å². The van der Waals surface area contributed by atoms with Crippen molar-refractivity contribution >= 4 is 29.8 Å². The highest BCUT2D eigenvalue weighted by Gasteiger charge is 2.40. The quantitative estimate of drug-likeness (QED) is 0.364. The fourth-order valence-corrected chi connectivity index (χ4v) is 1.76. The van der Waals surface area contributed by atoms with Gasteiger partial charge in [-0.15, -0.1) is 0 Å². The first-order valence-electron chi connectivity index (χ1n) is 6.72. The number of carbonyl (C=O) groups excluding carboxylic acids is 5. The van der Waals surface area contributed by atoms with Gasteiger partial charge in [0, 0.05) is 26.7 Å². The molecule has 0 aliphatic rings. The lowest BCUT2D eigenvalue weighted by atomic mass is 9.96. The molecular weight excluding hydrogens is 312 g/mol. The maximum atomic E-state index is 11.9. The molecule has 0 saturated heterocycles. The van der Waals surface area contributed by atoms with Crippen LogP contribution in [0.4, 0.5) is 0 Å². The molecule has 130 valence electrons. The Hall–Kier alpha value is -2.45. The van der Waals surface area contributed by atoms with Gasteiger partial charge in [-0.25, -0.2) is 4.79 Å². The van der Waals surface area contributed by atoms with Gasteiger partial charge in [0.25, 0.3) is 0 Å². The SMILES string of the molecule is COC(=O)CC(C)C(OC(C)=O)C(OC(C)=O)C(=O)OC(C)=O. The summed E-state index contributed by atoms with van der Waals surface area (Å²) in [6.07, 6.45) is -3.21. The van der Waals surface area contributed by atoms with Crippen LogP contribution in [-0.4, -0.2) is 49.2 Å². The number of rotatable bonds is 7. The number of ether oxygens (including phenoxy) is 4. The Labute approximate surface area is 133 Å². The highest BCUT2D eigenvalue weighted by Crippen LogP contribution is 2.20. The molecule has 3 atom stereocenters. The van der Waals surface area contributed by atoms with Crippen LogP contribution in [0.15, 0.2) is 0 Å². The molecule has 0 amide bonds. The van der Waals surface area contributed by atoms with Gasteiger partial charge in [-0.2, -0.15) is 0 Å². The highest BCUT2D eigenvalue weighted by molar-refractivity contribution is 5.88. The van der Waals surface area contributed by atoms with Crippen LogP contribution in [0, 0.1) is 5.92 Å². The molecule has 23 heavy (non-hydrogen) atoms. The first-order valence-corrected chi connectivity index (χ1v) is 6.72. The van der Waals surface area contributed by atoms with Crippen LogP contribution < -0.4 is 0 Å². The summed E-state index contributed by atoms with van der Waals surface area (Å²) < 4.78 is 18.7. The second kappa shape index (κ2) is 9.54. The normalized spacial score (nSPS) is 14.0. The molecular formula is C14H20O9. The fourth-order valence-electron chi connectivity index (χ4n) is 1.76. The molecule has 0 aromatic carbocycles. The zero-order valence-electron chi connectivity index (χ0n) is 13.6. The second-order valence-electron chi connectivity index (χ2n) is 4.77. The molecule has 0 rings (SSSR count). The molecule has 9 nitrogen and oxygen atoms in total. The third-order valence-corrected chi connectivity index (χ3v) is 2.65. The van der Waals surface area contributed by atoms with Crippen molar-refractivity contribution in [1.29, 1.82) is 0 Å². The van der Waals surface area contributed by atoms with Gasteiger partial charge in [0.15, 0.2) is 6.10 Å². The van der Waals surface area contributed by atoms with E-state index in [2.05, 4.69) is 9.47 Å². The Morgan fingerprint density at radius 2 is 1.39 bits per heavy atom. The van der Waals surface area contributed by atoms with E-state index in [1.165, 1.54) is 14.0 Å². The van der Waals surface area contributed by atoms with Crippen molar-refractivity contribution in [3.63, 3.8) is 0 Å². The highest BCUT2D eigenvalue weighted by atomic mass is 16.6. The lowest BCUT2D eigenvalue weighted by Gasteiger charge is -2.28. The van der Waals surface area contributed by atoms with E-state index in [1.54, 1.807) is 0 Å². The molecule has 9 heteroatoms. The van der Waals surface area contributed by atoms with Gasteiger partial charge in [0.05, 0.1) is 13.5 Å². The molecule has 0 saturated carbocycles. The van der Waals surface area contributed by atoms with Gasteiger partial charge in [-0.05, 0) is 0 Å². The molecule has 0 N–H and O–H groups in total. The van der Waals surface area contributed by atoms with Crippen LogP contribution in [0.3, 0.4) is 0 Å². The Balaban J connectivity index is 5.47. The van der Waals surface area contributed by atoms with Crippen LogP contribution >= 0.6 is 0 Å². The standard InChI is InChI=1S/C14H20O9/c1-7(6-11(18)20-5)12(21-8(2)15)13(22-9(3)16)14(19)23-10(4)17/h7,12-13H,6H2,1-5H3. The molecule has 3 unspecified atom stereocenters. The molecule has 0 aliphatic carbocycles. The average molecular weight is 332 g/mol. The minimum Gasteiger partial charge on any atom is -0.469 e. The van der Waals surface area contributed by atoms with E-state index in [4.69, 9.17) is 9.47 Å². The van der Waals surface area contributed by atoms with Crippen molar-refractivity contribution in [2.75, 3.05) is 7.11 Å². The number of carbonyl (C=O) groups is 5. The Morgan fingerprint density at radius 1 is 0.870 bits per heavy atom. The van der Waals surface area contributed by atoms with Crippen molar-refractivity contribution in [2.45, 2.75) is 46.3 Å². The monoisotopic (exact) mass is 332 g/mol. The molecule has 0 bridgehead atoms. The summed E-state index contributed by atoms with van der Waals surface area (Å²) in [7, 11) is 1.17. The predicted octanol–water partition coefficient (Wildman–Crippen LogP) is 0.139. The zero-order valence-corrected chi connectivity index (χ0v) is 13.6. The first kappa shape index (κ1) is 20.6. The summed E-state index contributed by atoms with van der Waals surface area (Å²) in [6, 6.07) is 0. The summed E-state index contributed by atoms with van der Waals surface area (Å²) in [5.41, 5.74) is 0. The number of hydrogen-bond acceptors (Lipinski definition) is 9. The topological polar surface area (TPSA) is 122 Å². The van der Waals surface area contributed by atoms with E-state index in [-0.39, 0.29) is 6.42 Å². The van der Waals surface area contributed by atoms with Gasteiger partial charge in [0.1, 0.15) is 0 Å². The van der Waals surface area contributed by atoms with Gasteiger partial charge < -0.3 is 18.9 Å². The fraction of sp³-hybridized carbons (Fsp3) is 0.643. The minimum absolute atomic E-state index is 0.209. The number of esters is 5. The van der Waals surface area contributed by atoms with E-state index < -0.39 is 48.0 Å². The van der Waals surface area contributed by atoms with Crippen molar-refractivity contribution < 1.29 is 42.9 Å². The van der Waals surface area contributed by atoms with Crippen LogP contribution in [0.1, 0.15) is 34.1 Å². The molecule has 0 aromatic heterocycles. The average Bonchev–Trinajstić information content (AvgIpc) is 2.40. The third-order valence-electron chi connectivity index (χ3n) is 2.65. The molecule has 0 aliphatic heterocycles. The summed E-state index contributed by atoms with van der Waals surface area (Å²) in [5.74, 6) is -5.09. The molecule has 0 radical (unpaired) electrons. The summed E-state index contributed by atoms with van der Waals surface area (Å²) in [4.78, 5) is 56.7. The van der Waals surface area contributed by atoms with Crippen LogP contribution in [-0.2, 0) is 42.9 Å². The smallest absolute Gasteiger partial charge is 0.359 e. The van der Waals surface area contributed by atoms with Gasteiger partial charge in [-0.3, -0.25) is 19.2 Å². The maximum absolute atomic E-state index is 11.9. The largest absolute Gasteiger partial charge is 0.469 e. The van der Waals surface area contributed by atoms with Gasteiger partial charge >= 0.3 is 29.8 Å². The lowest BCUT2D eigenvalue weighted by molar-refractivity contribution is -0.187. The third kappa shape index (κ3) is 7.93. The predicted molar refractivity (Wildman–Crippen MR) is 73.7 cm³/mol. The van der Waals surface area contributed by atoms with Crippen molar-refractivity contribution in [3.05, 3.63) is 0 Å². The van der Waals surface area contributed by atoms with Crippen LogP contribution in [0.5, 0.6) is 0 Å². The Bertz CT molecular complexity index is 483. The Morgan fingerprint density at radius 3 is 1.78 bits per heavy atom. The van der Waals surface area contributed by atoms with E-state index >= 15 is 0 Å². The van der Waals surface area contributed by atoms with Crippen LogP contribution in [0.2, 0.25) is 0 Å². The Kier molecular flexibility index (Phi) is 8.53. The van der Waals surface area contributed by atoms with E-state index in [9.17, 15) is 24.0 Å². The summed E-state index contributed by atoms with van der Waals surface area (Å²) in [5, 5.41) is 0. The maximum Gasteiger partial charge on any atom is 0.359 e. The van der Waals surface area contributed by atoms with E-state index in [1.807, 2.05) is 0 Å². The molecule has 0 spiro atoms.